The van der Waals surface area contributed by atoms with E-state index in [2.05, 4.69) is 20.2 Å². The molecule has 0 unspecified atom stereocenters. The van der Waals surface area contributed by atoms with E-state index >= 15 is 0 Å². The number of anilines is 2. The predicted octanol–water partition coefficient (Wildman–Crippen LogP) is 3.99. The maximum absolute atomic E-state index is 13.5. The van der Waals surface area contributed by atoms with Crippen LogP contribution in [0.25, 0.3) is 0 Å². The van der Waals surface area contributed by atoms with Crippen LogP contribution in [0.2, 0.25) is 0 Å². The fraction of sp³-hybridized carbons (Fsp3) is 0.100. The molecule has 0 aliphatic carbocycles. The van der Waals surface area contributed by atoms with Gasteiger partial charge in [-0.3, -0.25) is 9.69 Å². The Hall–Kier alpha value is -3.24. The first-order valence-electron chi connectivity index (χ1n) is 9.01. The van der Waals surface area contributed by atoms with Crippen LogP contribution in [-0.4, -0.2) is 40.4 Å². The number of benzene rings is 2. The Bertz CT molecular complexity index is 1180. The van der Waals surface area contributed by atoms with Crippen LogP contribution in [0.15, 0.2) is 74.7 Å². The first-order valence-corrected chi connectivity index (χ1v) is 10.6. The number of aliphatic imine (C=N–C) groups is 1. The molecule has 3 heterocycles. The molecule has 1 N–H and O–H groups in total. The molecule has 1 saturated heterocycles. The number of amidine groups is 1. The summed E-state index contributed by atoms with van der Waals surface area (Å²) in [5.41, 5.74) is 1.75. The molecule has 2 aliphatic heterocycles. The zero-order valence-electron chi connectivity index (χ0n) is 16.1. The van der Waals surface area contributed by atoms with Crippen molar-refractivity contribution in [2.24, 2.45) is 4.99 Å². The summed E-state index contributed by atoms with van der Waals surface area (Å²) in [7, 11) is 3.59. The van der Waals surface area contributed by atoms with E-state index in [1.54, 1.807) is 23.8 Å². The number of amides is 1. The number of nitrogens with zero attached hydrogens (tertiary/aromatic N) is 5. The second-order valence-corrected chi connectivity index (χ2v) is 8.42. The molecule has 1 fully saturated rings. The molecule has 5 rings (SSSR count). The Kier molecular flexibility index (Phi) is 4.72. The molecule has 2 aliphatic rings. The number of hydrogen-bond acceptors (Lipinski definition) is 8. The Morgan fingerprint density at radius 3 is 2.70 bits per heavy atom. The summed E-state index contributed by atoms with van der Waals surface area (Å²) in [5, 5.41) is 7.95. The normalized spacial score (nSPS) is 19.7. The molecule has 30 heavy (non-hydrogen) atoms. The van der Waals surface area contributed by atoms with Crippen molar-refractivity contribution in [3.8, 4) is 5.75 Å². The number of rotatable bonds is 3. The van der Waals surface area contributed by atoms with Gasteiger partial charge in [0.1, 0.15) is 17.0 Å². The smallest absolute Gasteiger partial charge is 0.274 e. The first kappa shape index (κ1) is 18.8. The highest BCUT2D eigenvalue weighted by Crippen LogP contribution is 2.51. The van der Waals surface area contributed by atoms with E-state index in [9.17, 15) is 4.79 Å². The number of aromatic nitrogens is 3. The number of hydrogen-bond donors (Lipinski definition) is 1. The summed E-state index contributed by atoms with van der Waals surface area (Å²) in [6.07, 6.45) is 1.39. The molecular weight excluding hydrogens is 420 g/mol. The predicted molar refractivity (Wildman–Crippen MR) is 119 cm³/mol. The number of methoxy groups -OCH3 is 1. The van der Waals surface area contributed by atoms with Gasteiger partial charge in [-0.2, -0.15) is 15.1 Å². The molecule has 10 heteroatoms. The number of thioether (sulfide) groups is 2. The van der Waals surface area contributed by atoms with Crippen LogP contribution in [0.5, 0.6) is 5.75 Å². The van der Waals surface area contributed by atoms with Crippen LogP contribution in [0.3, 0.4) is 0 Å². The number of aromatic amines is 1. The van der Waals surface area contributed by atoms with Gasteiger partial charge >= 0.3 is 0 Å². The average Bonchev–Trinajstić information content (AvgIpc) is 3.47. The van der Waals surface area contributed by atoms with Crippen LogP contribution in [0.4, 0.5) is 17.3 Å². The first-order chi connectivity index (χ1) is 14.7. The molecule has 2 aromatic carbocycles. The van der Waals surface area contributed by atoms with E-state index in [0.29, 0.717) is 16.0 Å². The minimum Gasteiger partial charge on any atom is -0.497 e. The van der Waals surface area contributed by atoms with Crippen molar-refractivity contribution in [2.45, 2.75) is 4.90 Å². The fourth-order valence-corrected chi connectivity index (χ4v) is 5.49. The van der Waals surface area contributed by atoms with Crippen LogP contribution in [-0.2, 0) is 4.79 Å². The topological polar surface area (TPSA) is 86.7 Å². The van der Waals surface area contributed by atoms with Crippen LogP contribution in [0.1, 0.15) is 0 Å². The standard InChI is InChI=1S/C20H16N6O2S2/c1-25-14-10-13(28-2)8-9-15(14)29-18(25)16-17(27)26(12-6-4-3-5-7-12)20(30-16)23-19-21-11-22-24-19/h3-11H,1-2H3,(H,21,22,24)/b18-16-,23-20?. The summed E-state index contributed by atoms with van der Waals surface area (Å²) in [6, 6.07) is 15.4. The van der Waals surface area contributed by atoms with Crippen molar-refractivity contribution in [3.05, 3.63) is 64.8 Å². The van der Waals surface area contributed by atoms with Crippen molar-refractivity contribution in [3.63, 3.8) is 0 Å². The molecule has 150 valence electrons. The van der Waals surface area contributed by atoms with E-state index in [-0.39, 0.29) is 5.91 Å². The zero-order valence-corrected chi connectivity index (χ0v) is 17.7. The Labute approximate surface area is 181 Å². The van der Waals surface area contributed by atoms with E-state index in [1.807, 2.05) is 60.5 Å². The summed E-state index contributed by atoms with van der Waals surface area (Å²) in [4.78, 5) is 27.4. The third-order valence-corrected chi connectivity index (χ3v) is 7.03. The lowest BCUT2D eigenvalue weighted by Gasteiger charge is -2.16. The monoisotopic (exact) mass is 436 g/mol. The molecule has 0 radical (unpaired) electrons. The Morgan fingerprint density at radius 1 is 1.13 bits per heavy atom. The number of carbonyl (C=O) groups excluding carboxylic acids is 1. The number of carbonyl (C=O) groups is 1. The average molecular weight is 437 g/mol. The molecule has 0 saturated carbocycles. The highest BCUT2D eigenvalue weighted by Gasteiger charge is 2.40. The van der Waals surface area contributed by atoms with Gasteiger partial charge in [0, 0.05) is 18.0 Å². The van der Waals surface area contributed by atoms with Gasteiger partial charge in [-0.25, -0.2) is 5.10 Å². The van der Waals surface area contributed by atoms with E-state index in [4.69, 9.17) is 4.74 Å². The van der Waals surface area contributed by atoms with E-state index < -0.39 is 0 Å². The number of H-pyrrole nitrogens is 1. The molecule has 1 amide bonds. The summed E-state index contributed by atoms with van der Waals surface area (Å²) in [5.74, 6) is 0.993. The van der Waals surface area contributed by atoms with Crippen molar-refractivity contribution >= 4 is 51.9 Å². The van der Waals surface area contributed by atoms with Gasteiger partial charge in [-0.1, -0.05) is 30.0 Å². The maximum atomic E-state index is 13.5. The van der Waals surface area contributed by atoms with Crippen molar-refractivity contribution in [1.29, 1.82) is 0 Å². The van der Waals surface area contributed by atoms with E-state index in [0.717, 1.165) is 27.0 Å². The van der Waals surface area contributed by atoms with Gasteiger partial charge in [0.2, 0.25) is 5.95 Å². The third-order valence-electron chi connectivity index (χ3n) is 4.63. The van der Waals surface area contributed by atoms with Gasteiger partial charge in [-0.05, 0) is 36.0 Å². The second-order valence-electron chi connectivity index (χ2n) is 6.41. The van der Waals surface area contributed by atoms with Crippen molar-refractivity contribution < 1.29 is 9.53 Å². The quantitative estimate of drug-likeness (QED) is 0.621. The molecule has 0 spiro atoms. The number of ether oxygens (including phenoxy) is 1. The van der Waals surface area contributed by atoms with Crippen LogP contribution >= 0.6 is 23.5 Å². The highest BCUT2D eigenvalue weighted by atomic mass is 32.2. The van der Waals surface area contributed by atoms with Crippen molar-refractivity contribution in [2.75, 3.05) is 24.0 Å². The van der Waals surface area contributed by atoms with Crippen molar-refractivity contribution in [1.82, 2.24) is 15.2 Å². The zero-order chi connectivity index (χ0) is 20.7. The minimum absolute atomic E-state index is 0.126. The van der Waals surface area contributed by atoms with Gasteiger partial charge < -0.3 is 9.64 Å². The highest BCUT2D eigenvalue weighted by molar-refractivity contribution is 8.20. The third kappa shape index (κ3) is 3.14. The Morgan fingerprint density at radius 2 is 1.97 bits per heavy atom. The Balaban J connectivity index is 1.59. The SMILES string of the molecule is COc1ccc2c(c1)N(C)/C(=C1/SC(=Nc3ncn[nH]3)N(c3ccccc3)C1=O)S2. The fourth-order valence-electron chi connectivity index (χ4n) is 3.18. The largest absolute Gasteiger partial charge is 0.497 e. The number of para-hydroxylation sites is 1. The molecule has 0 bridgehead atoms. The van der Waals surface area contributed by atoms with Crippen LogP contribution in [0, 0.1) is 0 Å². The molecule has 0 atom stereocenters. The van der Waals surface area contributed by atoms with Gasteiger partial charge in [-0.15, -0.1) is 0 Å². The van der Waals surface area contributed by atoms with Crippen LogP contribution < -0.4 is 14.5 Å². The van der Waals surface area contributed by atoms with E-state index in [1.165, 1.54) is 18.1 Å². The summed E-state index contributed by atoms with van der Waals surface area (Å²) in [6.45, 7) is 0. The molecule has 3 aromatic rings. The van der Waals surface area contributed by atoms with Gasteiger partial charge in [0.25, 0.3) is 5.91 Å². The second kappa shape index (κ2) is 7.54. The molecular formula is C20H16N6O2S2. The van der Waals surface area contributed by atoms with Gasteiger partial charge in [0.15, 0.2) is 5.17 Å². The lowest BCUT2D eigenvalue weighted by molar-refractivity contribution is -0.113. The summed E-state index contributed by atoms with van der Waals surface area (Å²) < 4.78 is 5.35. The number of nitrogens with one attached hydrogen (secondary N) is 1. The number of fused-ring (bicyclic) bond motifs is 1. The summed E-state index contributed by atoms with van der Waals surface area (Å²) >= 11 is 2.89. The maximum Gasteiger partial charge on any atom is 0.274 e. The minimum atomic E-state index is -0.126. The lowest BCUT2D eigenvalue weighted by atomic mass is 10.2. The van der Waals surface area contributed by atoms with Gasteiger partial charge in [0.05, 0.1) is 23.5 Å². The molecule has 8 nitrogen and oxygen atoms in total. The lowest BCUT2D eigenvalue weighted by Crippen LogP contribution is -2.29. The molecule has 1 aromatic heterocycles.